The van der Waals surface area contributed by atoms with Crippen molar-refractivity contribution in [2.24, 2.45) is 11.0 Å². The molecular weight excluding hydrogens is 269 g/mol. The highest BCUT2D eigenvalue weighted by molar-refractivity contribution is 5.58. The van der Waals surface area contributed by atoms with E-state index in [1.807, 2.05) is 6.92 Å². The summed E-state index contributed by atoms with van der Waals surface area (Å²) in [7, 11) is 0. The molecule has 0 fully saturated rings. The van der Waals surface area contributed by atoms with E-state index in [0.29, 0.717) is 19.3 Å². The van der Waals surface area contributed by atoms with Crippen LogP contribution >= 0.6 is 0 Å². The second kappa shape index (κ2) is 5.50. The van der Waals surface area contributed by atoms with E-state index in [-0.39, 0.29) is 17.2 Å². The Bertz CT molecular complexity index is 327. The SMILES string of the molecule is CCCN1N=CN(C(F)(F)C(F)(F)F)C1CC(C)C. The number of halogens is 5. The van der Waals surface area contributed by atoms with Crippen molar-refractivity contribution in [1.82, 2.24) is 9.91 Å². The summed E-state index contributed by atoms with van der Waals surface area (Å²) in [5.74, 6) is -0.0161. The average Bonchev–Trinajstić information content (AvgIpc) is 2.60. The van der Waals surface area contributed by atoms with Crippen molar-refractivity contribution in [2.45, 2.75) is 52.0 Å². The molecule has 0 saturated heterocycles. The van der Waals surface area contributed by atoms with Gasteiger partial charge in [-0.1, -0.05) is 20.8 Å². The quantitative estimate of drug-likeness (QED) is 0.569. The molecule has 1 rings (SSSR count). The molecule has 0 spiro atoms. The Hall–Kier alpha value is -1.08. The van der Waals surface area contributed by atoms with Gasteiger partial charge >= 0.3 is 12.2 Å². The molecule has 1 unspecified atom stereocenters. The van der Waals surface area contributed by atoms with Crippen LogP contribution in [0.25, 0.3) is 0 Å². The summed E-state index contributed by atoms with van der Waals surface area (Å²) in [4.78, 5) is 0.0165. The molecule has 0 N–H and O–H groups in total. The molecule has 19 heavy (non-hydrogen) atoms. The zero-order chi connectivity index (χ0) is 14.8. The van der Waals surface area contributed by atoms with Gasteiger partial charge in [0.2, 0.25) is 0 Å². The van der Waals surface area contributed by atoms with E-state index in [1.165, 1.54) is 5.01 Å². The predicted molar refractivity (Wildman–Crippen MR) is 61.6 cm³/mol. The third-order valence-electron chi connectivity index (χ3n) is 2.79. The zero-order valence-electron chi connectivity index (χ0n) is 11.1. The summed E-state index contributed by atoms with van der Waals surface area (Å²) in [6, 6.07) is -4.90. The molecule has 1 aliphatic rings. The molecule has 1 aliphatic heterocycles. The topological polar surface area (TPSA) is 18.8 Å². The molecule has 0 amide bonds. The third kappa shape index (κ3) is 3.27. The summed E-state index contributed by atoms with van der Waals surface area (Å²) < 4.78 is 64.2. The van der Waals surface area contributed by atoms with E-state index < -0.39 is 18.4 Å². The van der Waals surface area contributed by atoms with Gasteiger partial charge in [-0.3, -0.25) is 9.91 Å². The van der Waals surface area contributed by atoms with Gasteiger partial charge in [-0.05, 0) is 18.8 Å². The number of hydrazone groups is 1. The smallest absolute Gasteiger partial charge is 0.273 e. The molecule has 0 aromatic carbocycles. The number of hydrogen-bond donors (Lipinski definition) is 0. The van der Waals surface area contributed by atoms with Crippen molar-refractivity contribution < 1.29 is 22.0 Å². The van der Waals surface area contributed by atoms with E-state index in [1.54, 1.807) is 13.8 Å². The van der Waals surface area contributed by atoms with Gasteiger partial charge in [0.15, 0.2) is 0 Å². The Balaban J connectivity index is 2.96. The molecule has 112 valence electrons. The van der Waals surface area contributed by atoms with Crippen LogP contribution in [0, 0.1) is 5.92 Å². The molecule has 0 aromatic heterocycles. The number of nitrogens with zero attached hydrogens (tertiary/aromatic N) is 3. The first-order valence-electron chi connectivity index (χ1n) is 6.15. The highest BCUT2D eigenvalue weighted by atomic mass is 19.4. The first-order valence-corrected chi connectivity index (χ1v) is 6.15. The monoisotopic (exact) mass is 287 g/mol. The first-order chi connectivity index (χ1) is 8.61. The van der Waals surface area contributed by atoms with Crippen molar-refractivity contribution in [3.8, 4) is 0 Å². The normalized spacial score (nSPS) is 20.8. The van der Waals surface area contributed by atoms with E-state index >= 15 is 0 Å². The molecule has 0 radical (unpaired) electrons. The molecule has 0 aromatic rings. The Morgan fingerprint density at radius 2 is 1.79 bits per heavy atom. The van der Waals surface area contributed by atoms with Gasteiger partial charge in [0.05, 0.1) is 0 Å². The van der Waals surface area contributed by atoms with E-state index in [4.69, 9.17) is 0 Å². The maximum Gasteiger partial charge on any atom is 0.475 e. The van der Waals surface area contributed by atoms with Crippen molar-refractivity contribution in [2.75, 3.05) is 6.54 Å². The van der Waals surface area contributed by atoms with Crippen LogP contribution in [0.15, 0.2) is 5.10 Å². The van der Waals surface area contributed by atoms with Crippen LogP contribution in [0.2, 0.25) is 0 Å². The third-order valence-corrected chi connectivity index (χ3v) is 2.79. The molecule has 8 heteroatoms. The van der Waals surface area contributed by atoms with Gasteiger partial charge < -0.3 is 0 Å². The lowest BCUT2D eigenvalue weighted by molar-refractivity contribution is -0.334. The van der Waals surface area contributed by atoms with E-state index in [2.05, 4.69) is 5.10 Å². The van der Waals surface area contributed by atoms with Crippen molar-refractivity contribution >= 4 is 6.34 Å². The second-order valence-electron chi connectivity index (χ2n) is 4.95. The van der Waals surface area contributed by atoms with Crippen LogP contribution in [0.1, 0.15) is 33.6 Å². The highest BCUT2D eigenvalue weighted by Crippen LogP contribution is 2.41. The molecule has 0 saturated carbocycles. The molecule has 0 bridgehead atoms. The molecule has 0 aliphatic carbocycles. The summed E-state index contributed by atoms with van der Waals surface area (Å²) in [6.45, 7) is 5.70. The fourth-order valence-corrected chi connectivity index (χ4v) is 1.92. The van der Waals surface area contributed by atoms with E-state index in [9.17, 15) is 22.0 Å². The first kappa shape index (κ1) is 16.0. The van der Waals surface area contributed by atoms with Crippen molar-refractivity contribution in [3.63, 3.8) is 0 Å². The average molecular weight is 287 g/mol. The lowest BCUT2D eigenvalue weighted by Crippen LogP contribution is -2.57. The van der Waals surface area contributed by atoms with Crippen LogP contribution in [0.5, 0.6) is 0 Å². The van der Waals surface area contributed by atoms with Gasteiger partial charge in [-0.25, -0.2) is 0 Å². The van der Waals surface area contributed by atoms with E-state index in [0.717, 1.165) is 0 Å². The summed E-state index contributed by atoms with van der Waals surface area (Å²) in [6.07, 6.45) is -5.27. The van der Waals surface area contributed by atoms with Gasteiger partial charge in [0.25, 0.3) is 0 Å². The van der Waals surface area contributed by atoms with Crippen LogP contribution in [0.4, 0.5) is 22.0 Å². The Labute approximate surface area is 109 Å². The summed E-state index contributed by atoms with van der Waals surface area (Å²) in [5, 5.41) is 4.97. The van der Waals surface area contributed by atoms with Crippen LogP contribution in [-0.2, 0) is 0 Å². The Morgan fingerprint density at radius 3 is 2.21 bits per heavy atom. The molecule has 3 nitrogen and oxygen atoms in total. The number of rotatable bonds is 5. The van der Waals surface area contributed by atoms with Crippen LogP contribution in [-0.4, -0.2) is 41.2 Å². The number of hydrogen-bond acceptors (Lipinski definition) is 3. The molecule has 1 atom stereocenters. The number of alkyl halides is 5. The van der Waals surface area contributed by atoms with Crippen molar-refractivity contribution in [3.05, 3.63) is 0 Å². The summed E-state index contributed by atoms with van der Waals surface area (Å²) in [5.41, 5.74) is 0. The van der Waals surface area contributed by atoms with Gasteiger partial charge in [0, 0.05) is 6.54 Å². The van der Waals surface area contributed by atoms with Gasteiger partial charge in [-0.15, -0.1) is 0 Å². The lowest BCUT2D eigenvalue weighted by Gasteiger charge is -2.36. The minimum Gasteiger partial charge on any atom is -0.273 e. The van der Waals surface area contributed by atoms with Crippen LogP contribution < -0.4 is 0 Å². The largest absolute Gasteiger partial charge is 0.475 e. The highest BCUT2D eigenvalue weighted by Gasteiger charge is 2.64. The Morgan fingerprint density at radius 1 is 1.21 bits per heavy atom. The second-order valence-corrected chi connectivity index (χ2v) is 4.95. The van der Waals surface area contributed by atoms with Crippen molar-refractivity contribution in [1.29, 1.82) is 0 Å². The maximum absolute atomic E-state index is 13.4. The lowest BCUT2D eigenvalue weighted by atomic mass is 10.1. The minimum atomic E-state index is -5.61. The standard InChI is InChI=1S/C11H18F5N3/c1-4-5-19-9(6-8(2)3)18(7-17-19)11(15,16)10(12,13)14/h7-9H,4-6H2,1-3H3. The molecule has 1 heterocycles. The molecular formula is C11H18F5N3. The Kier molecular flexibility index (Phi) is 4.63. The fourth-order valence-electron chi connectivity index (χ4n) is 1.92. The minimum absolute atomic E-state index is 0.0161. The fraction of sp³-hybridized carbons (Fsp3) is 0.909. The van der Waals surface area contributed by atoms with Crippen LogP contribution in [0.3, 0.4) is 0 Å². The zero-order valence-corrected chi connectivity index (χ0v) is 11.1. The summed E-state index contributed by atoms with van der Waals surface area (Å²) >= 11 is 0. The predicted octanol–water partition coefficient (Wildman–Crippen LogP) is 3.48. The van der Waals surface area contributed by atoms with Gasteiger partial charge in [-0.2, -0.15) is 27.1 Å². The maximum atomic E-state index is 13.4. The van der Waals surface area contributed by atoms with Gasteiger partial charge in [0.1, 0.15) is 12.5 Å².